The largest absolute Gasteiger partial charge is 0.363 e. The summed E-state index contributed by atoms with van der Waals surface area (Å²) in [4.78, 5) is 4.65. The highest BCUT2D eigenvalue weighted by atomic mass is 79.9. The third-order valence-corrected chi connectivity index (χ3v) is 5.17. The van der Waals surface area contributed by atoms with Gasteiger partial charge in [0.05, 0.1) is 10.2 Å². The number of rotatable bonds is 2. The number of nitrogens with zero attached hydrogens (tertiary/aromatic N) is 2. The summed E-state index contributed by atoms with van der Waals surface area (Å²) in [6, 6.07) is 3.38. The van der Waals surface area contributed by atoms with E-state index < -0.39 is 11.6 Å². The lowest BCUT2D eigenvalue weighted by atomic mass is 10.0. The maximum absolute atomic E-state index is 14.2. The summed E-state index contributed by atoms with van der Waals surface area (Å²) in [7, 11) is 0. The number of piperazine rings is 1. The molecule has 1 aromatic carbocycles. The summed E-state index contributed by atoms with van der Waals surface area (Å²) in [5, 5.41) is 0. The molecule has 0 aromatic heterocycles. The van der Waals surface area contributed by atoms with Gasteiger partial charge in [-0.05, 0) is 47.8 Å². The molecule has 2 nitrogen and oxygen atoms in total. The molecule has 0 radical (unpaired) electrons. The third-order valence-electron chi connectivity index (χ3n) is 4.56. The van der Waals surface area contributed by atoms with Gasteiger partial charge < -0.3 is 4.90 Å². The second kappa shape index (κ2) is 5.60. The quantitative estimate of drug-likeness (QED) is 0.753. The van der Waals surface area contributed by atoms with E-state index in [1.807, 2.05) is 0 Å². The zero-order chi connectivity index (χ0) is 14.3. The standard InChI is InChI=1S/C15H19BrF2N2/c1-2-10-8-19-5-3-4-11(19)9-20(10)15-6-12(16)13(17)7-14(15)18/h6-7,10-11H,2-5,8-9H2,1H3. The molecule has 3 rings (SSSR count). The van der Waals surface area contributed by atoms with Crippen molar-refractivity contribution in [2.75, 3.05) is 24.5 Å². The lowest BCUT2D eigenvalue weighted by Gasteiger charge is -2.45. The molecule has 0 N–H and O–H groups in total. The van der Waals surface area contributed by atoms with Crippen molar-refractivity contribution in [1.29, 1.82) is 0 Å². The van der Waals surface area contributed by atoms with Crippen LogP contribution in [0.4, 0.5) is 14.5 Å². The van der Waals surface area contributed by atoms with Crippen LogP contribution in [-0.2, 0) is 0 Å². The Morgan fingerprint density at radius 3 is 2.80 bits per heavy atom. The number of halogens is 3. The van der Waals surface area contributed by atoms with Crippen LogP contribution < -0.4 is 4.90 Å². The third kappa shape index (κ3) is 2.46. The van der Waals surface area contributed by atoms with Crippen molar-refractivity contribution in [2.45, 2.75) is 38.3 Å². The fourth-order valence-electron chi connectivity index (χ4n) is 3.46. The maximum atomic E-state index is 14.2. The van der Waals surface area contributed by atoms with Gasteiger partial charge in [0.1, 0.15) is 11.6 Å². The fraction of sp³-hybridized carbons (Fsp3) is 0.600. The van der Waals surface area contributed by atoms with Gasteiger partial charge in [0.15, 0.2) is 0 Å². The summed E-state index contributed by atoms with van der Waals surface area (Å²) in [5.41, 5.74) is 0.525. The molecule has 1 aromatic rings. The molecule has 2 atom stereocenters. The lowest BCUT2D eigenvalue weighted by Crippen LogP contribution is -2.56. The minimum absolute atomic E-state index is 0.302. The Balaban J connectivity index is 1.92. The van der Waals surface area contributed by atoms with Gasteiger partial charge in [-0.1, -0.05) is 6.92 Å². The van der Waals surface area contributed by atoms with Gasteiger partial charge in [0, 0.05) is 31.2 Å². The van der Waals surface area contributed by atoms with Gasteiger partial charge in [-0.25, -0.2) is 8.78 Å². The Bertz CT molecular complexity index is 509. The summed E-state index contributed by atoms with van der Waals surface area (Å²) in [6.45, 7) is 5.11. The normalized spacial score (nSPS) is 26.9. The Morgan fingerprint density at radius 2 is 2.05 bits per heavy atom. The number of hydrogen-bond donors (Lipinski definition) is 0. The second-order valence-electron chi connectivity index (χ2n) is 5.72. The van der Waals surface area contributed by atoms with Crippen molar-refractivity contribution in [3.05, 3.63) is 28.2 Å². The molecule has 2 aliphatic rings. The SMILES string of the molecule is CCC1CN2CCCC2CN1c1cc(Br)c(F)cc1F. The second-order valence-corrected chi connectivity index (χ2v) is 6.58. The molecule has 2 unspecified atom stereocenters. The molecule has 2 heterocycles. The number of fused-ring (bicyclic) bond motifs is 1. The molecule has 2 fully saturated rings. The first-order valence-corrected chi connectivity index (χ1v) is 8.04. The predicted molar refractivity (Wildman–Crippen MR) is 80.1 cm³/mol. The summed E-state index contributed by atoms with van der Waals surface area (Å²) in [5.74, 6) is -1.01. The van der Waals surface area contributed by atoms with Crippen LogP contribution in [0.1, 0.15) is 26.2 Å². The maximum Gasteiger partial charge on any atom is 0.149 e. The summed E-state index contributed by atoms with van der Waals surface area (Å²) in [6.07, 6.45) is 3.37. The molecular weight excluding hydrogens is 326 g/mol. The van der Waals surface area contributed by atoms with Gasteiger partial charge in [0.25, 0.3) is 0 Å². The van der Waals surface area contributed by atoms with Gasteiger partial charge in [-0.15, -0.1) is 0 Å². The lowest BCUT2D eigenvalue weighted by molar-refractivity contribution is 0.194. The minimum Gasteiger partial charge on any atom is -0.363 e. The van der Waals surface area contributed by atoms with Gasteiger partial charge in [-0.2, -0.15) is 0 Å². The zero-order valence-electron chi connectivity index (χ0n) is 11.6. The van der Waals surface area contributed by atoms with Gasteiger partial charge in [-0.3, -0.25) is 4.90 Å². The fourth-order valence-corrected chi connectivity index (χ4v) is 3.80. The average Bonchev–Trinajstić information content (AvgIpc) is 2.88. The molecule has 5 heteroatoms. The highest BCUT2D eigenvalue weighted by Gasteiger charge is 2.36. The van der Waals surface area contributed by atoms with E-state index in [1.165, 1.54) is 12.8 Å². The molecule has 20 heavy (non-hydrogen) atoms. The van der Waals surface area contributed by atoms with Crippen LogP contribution in [0, 0.1) is 11.6 Å². The van der Waals surface area contributed by atoms with Crippen LogP contribution in [0.3, 0.4) is 0 Å². The topological polar surface area (TPSA) is 6.48 Å². The van der Waals surface area contributed by atoms with Crippen molar-refractivity contribution in [1.82, 2.24) is 4.90 Å². The van der Waals surface area contributed by atoms with Gasteiger partial charge >= 0.3 is 0 Å². The van der Waals surface area contributed by atoms with Gasteiger partial charge in [0.2, 0.25) is 0 Å². The molecule has 2 saturated heterocycles. The Hall–Kier alpha value is -0.680. The van der Waals surface area contributed by atoms with Crippen molar-refractivity contribution in [3.63, 3.8) is 0 Å². The molecule has 0 amide bonds. The van der Waals surface area contributed by atoms with Crippen LogP contribution in [0.15, 0.2) is 16.6 Å². The average molecular weight is 345 g/mol. The summed E-state index contributed by atoms with van der Waals surface area (Å²) < 4.78 is 27.9. The molecule has 0 bridgehead atoms. The number of anilines is 1. The monoisotopic (exact) mass is 344 g/mol. The van der Waals surface area contributed by atoms with E-state index in [9.17, 15) is 8.78 Å². The highest BCUT2D eigenvalue weighted by molar-refractivity contribution is 9.10. The van der Waals surface area contributed by atoms with Crippen LogP contribution in [0.5, 0.6) is 0 Å². The van der Waals surface area contributed by atoms with Crippen LogP contribution in [-0.4, -0.2) is 36.6 Å². The van der Waals surface area contributed by atoms with E-state index in [0.29, 0.717) is 22.2 Å². The molecule has 0 aliphatic carbocycles. The Morgan fingerprint density at radius 1 is 1.25 bits per heavy atom. The van der Waals surface area contributed by atoms with Crippen molar-refractivity contribution in [3.8, 4) is 0 Å². The Kier molecular flexibility index (Phi) is 4.00. The molecular formula is C15H19BrF2N2. The van der Waals surface area contributed by atoms with Crippen LogP contribution >= 0.6 is 15.9 Å². The first-order chi connectivity index (χ1) is 9.60. The molecule has 0 spiro atoms. The van der Waals surface area contributed by atoms with Crippen molar-refractivity contribution in [2.24, 2.45) is 0 Å². The van der Waals surface area contributed by atoms with Crippen LogP contribution in [0.2, 0.25) is 0 Å². The Labute approximate surface area is 126 Å². The van der Waals surface area contributed by atoms with Crippen molar-refractivity contribution >= 4 is 21.6 Å². The van der Waals surface area contributed by atoms with E-state index >= 15 is 0 Å². The van der Waals surface area contributed by atoms with E-state index in [0.717, 1.165) is 32.1 Å². The van der Waals surface area contributed by atoms with E-state index in [4.69, 9.17) is 0 Å². The van der Waals surface area contributed by atoms with E-state index in [1.54, 1.807) is 6.07 Å². The molecule has 2 aliphatic heterocycles. The van der Waals surface area contributed by atoms with Crippen LogP contribution in [0.25, 0.3) is 0 Å². The first kappa shape index (κ1) is 14.3. The minimum atomic E-state index is -0.543. The first-order valence-electron chi connectivity index (χ1n) is 7.25. The van der Waals surface area contributed by atoms with E-state index in [-0.39, 0.29) is 0 Å². The summed E-state index contributed by atoms with van der Waals surface area (Å²) >= 11 is 3.17. The van der Waals surface area contributed by atoms with Crippen molar-refractivity contribution < 1.29 is 8.78 Å². The molecule has 110 valence electrons. The number of benzene rings is 1. The smallest absolute Gasteiger partial charge is 0.149 e. The highest BCUT2D eigenvalue weighted by Crippen LogP contribution is 2.33. The number of hydrogen-bond acceptors (Lipinski definition) is 2. The van der Waals surface area contributed by atoms with E-state index in [2.05, 4.69) is 32.7 Å². The predicted octanol–water partition coefficient (Wildman–Crippen LogP) is 3.79. The zero-order valence-corrected chi connectivity index (χ0v) is 13.2. The molecule has 0 saturated carbocycles.